The smallest absolute Gasteiger partial charge is 0.0824 e. The van der Waals surface area contributed by atoms with E-state index in [1.165, 1.54) is 0 Å². The molecule has 2 rings (SSSR count). The van der Waals surface area contributed by atoms with Gasteiger partial charge in [0, 0.05) is 0 Å². The van der Waals surface area contributed by atoms with Crippen LogP contribution < -0.4 is 10.8 Å². The second-order valence-electron chi connectivity index (χ2n) is 4.15. The van der Waals surface area contributed by atoms with Crippen molar-refractivity contribution in [2.45, 2.75) is 6.42 Å². The van der Waals surface area contributed by atoms with E-state index in [-0.39, 0.29) is 0 Å². The number of quaternary nitrogens is 1. The SMILES string of the molecule is [NH3+]C[C@H](Cc1cccc2ccccc12)C(=O)[O-]. The molecule has 3 N–H and O–H groups in total. The van der Waals surface area contributed by atoms with E-state index < -0.39 is 11.9 Å². The quantitative estimate of drug-likeness (QED) is 0.801. The van der Waals surface area contributed by atoms with Crippen LogP contribution in [-0.4, -0.2) is 12.5 Å². The molecule has 17 heavy (non-hydrogen) atoms. The minimum absolute atomic E-state index is 0.353. The molecule has 0 spiro atoms. The van der Waals surface area contributed by atoms with E-state index >= 15 is 0 Å². The van der Waals surface area contributed by atoms with Gasteiger partial charge in [-0.2, -0.15) is 0 Å². The number of aliphatic carboxylic acids is 1. The molecular formula is C14H15NO2. The number of carboxylic acid groups (broad SMARTS) is 1. The van der Waals surface area contributed by atoms with E-state index in [9.17, 15) is 9.90 Å². The number of carbonyl (C=O) groups is 1. The molecule has 1 atom stereocenters. The van der Waals surface area contributed by atoms with Crippen molar-refractivity contribution in [3.8, 4) is 0 Å². The predicted molar refractivity (Wildman–Crippen MR) is 63.9 cm³/mol. The van der Waals surface area contributed by atoms with Crippen LogP contribution in [0.5, 0.6) is 0 Å². The lowest BCUT2D eigenvalue weighted by atomic mass is 9.95. The zero-order valence-electron chi connectivity index (χ0n) is 9.56. The number of benzene rings is 2. The third-order valence-corrected chi connectivity index (χ3v) is 3.03. The first-order valence-electron chi connectivity index (χ1n) is 5.69. The summed E-state index contributed by atoms with van der Waals surface area (Å²) in [5.74, 6) is -1.53. The number of hydrogen-bond acceptors (Lipinski definition) is 2. The van der Waals surface area contributed by atoms with E-state index in [4.69, 9.17) is 0 Å². The van der Waals surface area contributed by atoms with Gasteiger partial charge >= 0.3 is 0 Å². The van der Waals surface area contributed by atoms with E-state index in [0.717, 1.165) is 16.3 Å². The molecule has 0 unspecified atom stereocenters. The molecule has 3 nitrogen and oxygen atoms in total. The summed E-state index contributed by atoms with van der Waals surface area (Å²) in [6.45, 7) is 0.353. The monoisotopic (exact) mass is 229 g/mol. The van der Waals surface area contributed by atoms with Gasteiger partial charge in [0.25, 0.3) is 0 Å². The number of hydrogen-bond donors (Lipinski definition) is 1. The Kier molecular flexibility index (Phi) is 3.40. The number of carboxylic acids is 1. The molecule has 0 aliphatic carbocycles. The predicted octanol–water partition coefficient (Wildman–Crippen LogP) is -0.00970. The summed E-state index contributed by atoms with van der Waals surface area (Å²) in [7, 11) is 0. The second kappa shape index (κ2) is 4.97. The van der Waals surface area contributed by atoms with Crippen molar-refractivity contribution in [2.24, 2.45) is 5.92 Å². The molecule has 0 aromatic heterocycles. The van der Waals surface area contributed by atoms with Gasteiger partial charge in [0.1, 0.15) is 0 Å². The van der Waals surface area contributed by atoms with Crippen LogP contribution in [0.15, 0.2) is 42.5 Å². The van der Waals surface area contributed by atoms with Crippen LogP contribution in [-0.2, 0) is 11.2 Å². The highest BCUT2D eigenvalue weighted by atomic mass is 16.4. The average molecular weight is 229 g/mol. The molecule has 0 saturated carbocycles. The second-order valence-corrected chi connectivity index (χ2v) is 4.15. The lowest BCUT2D eigenvalue weighted by Crippen LogP contribution is -2.57. The third-order valence-electron chi connectivity index (χ3n) is 3.03. The fourth-order valence-corrected chi connectivity index (χ4v) is 2.04. The molecule has 0 aliphatic rings. The van der Waals surface area contributed by atoms with Crippen LogP contribution in [0.3, 0.4) is 0 Å². The number of fused-ring (bicyclic) bond motifs is 1. The average Bonchev–Trinajstić information content (AvgIpc) is 2.35. The van der Waals surface area contributed by atoms with E-state index in [0.29, 0.717) is 13.0 Å². The van der Waals surface area contributed by atoms with Gasteiger partial charge < -0.3 is 15.6 Å². The Balaban J connectivity index is 2.38. The molecule has 2 aromatic rings. The van der Waals surface area contributed by atoms with Gasteiger partial charge in [-0.1, -0.05) is 42.5 Å². The van der Waals surface area contributed by atoms with Crippen LogP contribution >= 0.6 is 0 Å². The maximum Gasteiger partial charge on any atom is 0.0824 e. The molecule has 0 heterocycles. The van der Waals surface area contributed by atoms with Crippen molar-refractivity contribution >= 4 is 16.7 Å². The van der Waals surface area contributed by atoms with Gasteiger partial charge in [0.05, 0.1) is 18.4 Å². The van der Waals surface area contributed by atoms with Crippen LogP contribution in [0, 0.1) is 5.92 Å². The Hall–Kier alpha value is -1.87. The van der Waals surface area contributed by atoms with Crippen LogP contribution in [0.25, 0.3) is 10.8 Å². The lowest BCUT2D eigenvalue weighted by Gasteiger charge is -2.15. The van der Waals surface area contributed by atoms with Crippen LogP contribution in [0.1, 0.15) is 5.56 Å². The molecule has 3 heteroatoms. The van der Waals surface area contributed by atoms with Gasteiger partial charge in [-0.3, -0.25) is 0 Å². The summed E-state index contributed by atoms with van der Waals surface area (Å²) in [5.41, 5.74) is 4.71. The summed E-state index contributed by atoms with van der Waals surface area (Å²) in [5, 5.41) is 13.2. The minimum Gasteiger partial charge on any atom is -0.550 e. The summed E-state index contributed by atoms with van der Waals surface area (Å²) in [6.07, 6.45) is 0.479. The Morgan fingerprint density at radius 2 is 1.88 bits per heavy atom. The first-order valence-corrected chi connectivity index (χ1v) is 5.69. The van der Waals surface area contributed by atoms with Crippen LogP contribution in [0.2, 0.25) is 0 Å². The van der Waals surface area contributed by atoms with Crippen molar-refractivity contribution < 1.29 is 15.6 Å². The van der Waals surface area contributed by atoms with Gasteiger partial charge in [0.15, 0.2) is 0 Å². The van der Waals surface area contributed by atoms with Crippen molar-refractivity contribution in [1.82, 2.24) is 0 Å². The van der Waals surface area contributed by atoms with Crippen molar-refractivity contribution in [3.05, 3.63) is 48.0 Å². The molecular weight excluding hydrogens is 214 g/mol. The molecule has 88 valence electrons. The first-order chi connectivity index (χ1) is 8.22. The van der Waals surface area contributed by atoms with Gasteiger partial charge in [-0.15, -0.1) is 0 Å². The van der Waals surface area contributed by atoms with Gasteiger partial charge in [-0.25, -0.2) is 0 Å². The highest BCUT2D eigenvalue weighted by Gasteiger charge is 2.12. The molecule has 0 aliphatic heterocycles. The zero-order valence-corrected chi connectivity index (χ0v) is 9.56. The normalized spacial score (nSPS) is 12.5. The van der Waals surface area contributed by atoms with Gasteiger partial charge in [-0.05, 0) is 22.8 Å². The maximum absolute atomic E-state index is 10.9. The van der Waals surface area contributed by atoms with E-state index in [2.05, 4.69) is 5.73 Å². The first kappa shape index (κ1) is 11.6. The van der Waals surface area contributed by atoms with Crippen molar-refractivity contribution in [2.75, 3.05) is 6.54 Å². The summed E-state index contributed by atoms with van der Waals surface area (Å²) < 4.78 is 0. The molecule has 0 bridgehead atoms. The maximum atomic E-state index is 10.9. The Morgan fingerprint density at radius 3 is 2.59 bits per heavy atom. The molecule has 0 saturated heterocycles. The molecule has 0 radical (unpaired) electrons. The van der Waals surface area contributed by atoms with E-state index in [1.54, 1.807) is 0 Å². The standard InChI is InChI=1S/C14H15NO2/c15-9-12(14(16)17)8-11-6-3-5-10-4-1-2-7-13(10)11/h1-7,12H,8-9,15H2,(H,16,17)/t12-/m0/s1. The highest BCUT2D eigenvalue weighted by Crippen LogP contribution is 2.20. The Bertz CT molecular complexity index is 531. The minimum atomic E-state index is -1.02. The number of carbonyl (C=O) groups excluding carboxylic acids is 1. The summed E-state index contributed by atoms with van der Waals surface area (Å²) in [6, 6.07) is 13.9. The fourth-order valence-electron chi connectivity index (χ4n) is 2.04. The van der Waals surface area contributed by atoms with Crippen molar-refractivity contribution in [1.29, 1.82) is 0 Å². The molecule has 2 aromatic carbocycles. The number of rotatable bonds is 4. The lowest BCUT2D eigenvalue weighted by molar-refractivity contribution is -0.387. The Labute approximate surface area is 99.9 Å². The van der Waals surface area contributed by atoms with Crippen LogP contribution in [0.4, 0.5) is 0 Å². The summed E-state index contributed by atoms with van der Waals surface area (Å²) >= 11 is 0. The largest absolute Gasteiger partial charge is 0.550 e. The Morgan fingerprint density at radius 1 is 1.18 bits per heavy atom. The van der Waals surface area contributed by atoms with Crippen molar-refractivity contribution in [3.63, 3.8) is 0 Å². The van der Waals surface area contributed by atoms with E-state index in [1.807, 2.05) is 42.5 Å². The van der Waals surface area contributed by atoms with Gasteiger partial charge in [0.2, 0.25) is 0 Å². The molecule has 0 fully saturated rings. The highest BCUT2D eigenvalue weighted by molar-refractivity contribution is 5.86. The third kappa shape index (κ3) is 2.45. The zero-order chi connectivity index (χ0) is 12.3. The fraction of sp³-hybridized carbons (Fsp3) is 0.214. The topological polar surface area (TPSA) is 67.8 Å². The summed E-state index contributed by atoms with van der Waals surface area (Å²) in [4.78, 5) is 10.9. The molecule has 0 amide bonds.